The van der Waals surface area contributed by atoms with Gasteiger partial charge in [-0.1, -0.05) is 36.4 Å². The second-order valence-corrected chi connectivity index (χ2v) is 11.2. The van der Waals surface area contributed by atoms with Crippen molar-refractivity contribution in [2.24, 2.45) is 0 Å². The summed E-state index contributed by atoms with van der Waals surface area (Å²) in [4.78, 5) is 23.5. The van der Waals surface area contributed by atoms with E-state index in [1.165, 1.54) is 5.56 Å². The zero-order valence-corrected chi connectivity index (χ0v) is 25.2. The molecule has 0 saturated heterocycles. The second-order valence-electron chi connectivity index (χ2n) is 11.2. The number of carboxylic acids is 1. The summed E-state index contributed by atoms with van der Waals surface area (Å²) in [5.41, 5.74) is 4.29. The number of fused-ring (bicyclic) bond motifs is 1. The van der Waals surface area contributed by atoms with Gasteiger partial charge in [0.25, 0.3) is 0 Å². The average Bonchev–Trinajstić information content (AvgIpc) is 3.04. The summed E-state index contributed by atoms with van der Waals surface area (Å²) in [6, 6.07) is 20.0. The summed E-state index contributed by atoms with van der Waals surface area (Å²) >= 11 is 0. The van der Waals surface area contributed by atoms with E-state index < -0.39 is 23.6 Å². The number of hydrogen-bond donors (Lipinski definition) is 3. The fourth-order valence-corrected chi connectivity index (χ4v) is 5.42. The number of anilines is 2. The Morgan fingerprint density at radius 2 is 1.80 bits per heavy atom. The molecular weight excluding hydrogens is 576 g/mol. The lowest BCUT2D eigenvalue weighted by Crippen LogP contribution is -2.37. The predicted octanol–water partition coefficient (Wildman–Crippen LogP) is 6.44. The van der Waals surface area contributed by atoms with Crippen LogP contribution in [0.25, 0.3) is 11.1 Å². The smallest absolute Gasteiger partial charge is 0.326 e. The zero-order valence-electron chi connectivity index (χ0n) is 25.2. The summed E-state index contributed by atoms with van der Waals surface area (Å²) in [6.45, 7) is 2.81. The van der Waals surface area contributed by atoms with Crippen LogP contribution in [0.2, 0.25) is 0 Å². The Balaban J connectivity index is 1.16. The SMILES string of the molecule is O=C(O)C(CCN(CCCCc1ccc2c(n1)NCCC2)CCOc1cc(F)cc(F)c1)Nc1ccc(-c2ccccc2)cn1. The molecule has 3 N–H and O–H groups in total. The number of ether oxygens (including phenoxy) is 1. The van der Waals surface area contributed by atoms with Gasteiger partial charge in [-0.15, -0.1) is 0 Å². The highest BCUT2D eigenvalue weighted by Gasteiger charge is 2.20. The highest BCUT2D eigenvalue weighted by Crippen LogP contribution is 2.22. The maximum atomic E-state index is 13.6. The third-order valence-corrected chi connectivity index (χ3v) is 7.85. The van der Waals surface area contributed by atoms with E-state index in [1.807, 2.05) is 36.4 Å². The first-order chi connectivity index (χ1) is 21.9. The van der Waals surface area contributed by atoms with Crippen LogP contribution in [0, 0.1) is 11.6 Å². The summed E-state index contributed by atoms with van der Waals surface area (Å²) in [7, 11) is 0. The van der Waals surface area contributed by atoms with Crippen LogP contribution in [0.5, 0.6) is 5.75 Å². The quantitative estimate of drug-likeness (QED) is 0.124. The summed E-state index contributed by atoms with van der Waals surface area (Å²) in [6.07, 6.45) is 6.84. The number of hydrogen-bond acceptors (Lipinski definition) is 7. The third-order valence-electron chi connectivity index (χ3n) is 7.85. The largest absolute Gasteiger partial charge is 0.492 e. The Bertz CT molecular complexity index is 1520. The molecule has 0 amide bonds. The molecule has 0 fully saturated rings. The molecule has 3 heterocycles. The molecule has 5 rings (SSSR count). The maximum absolute atomic E-state index is 13.6. The van der Waals surface area contributed by atoms with Crippen molar-refractivity contribution in [3.05, 3.63) is 102 Å². The molecule has 1 aliphatic heterocycles. The Morgan fingerprint density at radius 3 is 2.56 bits per heavy atom. The van der Waals surface area contributed by atoms with Gasteiger partial charge in [0.15, 0.2) is 0 Å². The molecular formula is C35H39F2N5O3. The lowest BCUT2D eigenvalue weighted by atomic mass is 10.1. The standard InChI is InChI=1S/C35H39F2N5O3/c36-28-21-29(37)23-31(22-28)45-20-19-42(17-5-4-10-30-13-11-26-9-6-16-38-34(26)40-30)18-15-32(35(43)44)41-33-14-12-27(24-39-33)25-7-2-1-3-8-25/h1-3,7-8,11-14,21-24,32H,4-6,9-10,15-20H2,(H,38,40)(H,39,41)(H,43,44). The highest BCUT2D eigenvalue weighted by atomic mass is 19.1. The fourth-order valence-electron chi connectivity index (χ4n) is 5.42. The van der Waals surface area contributed by atoms with Crippen molar-refractivity contribution >= 4 is 17.6 Å². The zero-order chi connectivity index (χ0) is 31.4. The number of carbonyl (C=O) groups is 1. The third kappa shape index (κ3) is 9.71. The van der Waals surface area contributed by atoms with Crippen LogP contribution in [-0.4, -0.2) is 64.8 Å². The summed E-state index contributed by atoms with van der Waals surface area (Å²) < 4.78 is 32.9. The van der Waals surface area contributed by atoms with Gasteiger partial charge >= 0.3 is 5.97 Å². The van der Waals surface area contributed by atoms with Crippen LogP contribution in [0.1, 0.15) is 36.9 Å². The number of nitrogens with zero attached hydrogens (tertiary/aromatic N) is 3. The van der Waals surface area contributed by atoms with Crippen molar-refractivity contribution in [1.29, 1.82) is 0 Å². The Labute approximate surface area is 262 Å². The molecule has 1 unspecified atom stereocenters. The van der Waals surface area contributed by atoms with Gasteiger partial charge in [-0.2, -0.15) is 0 Å². The molecule has 1 atom stereocenters. The molecule has 1 aliphatic rings. The Hall–Kier alpha value is -4.57. The average molecular weight is 616 g/mol. The van der Waals surface area contributed by atoms with Gasteiger partial charge in [-0.25, -0.2) is 23.5 Å². The number of unbranched alkanes of at least 4 members (excludes halogenated alkanes) is 1. The molecule has 45 heavy (non-hydrogen) atoms. The van der Waals surface area contributed by atoms with Crippen molar-refractivity contribution in [2.75, 3.05) is 43.4 Å². The van der Waals surface area contributed by atoms with E-state index in [0.717, 1.165) is 79.5 Å². The molecule has 4 aromatic rings. The molecule has 0 radical (unpaired) electrons. The number of nitrogens with one attached hydrogen (secondary N) is 2. The van der Waals surface area contributed by atoms with Gasteiger partial charge in [0.05, 0.1) is 0 Å². The number of benzene rings is 2. The molecule has 0 bridgehead atoms. The number of halogens is 2. The van der Waals surface area contributed by atoms with E-state index in [4.69, 9.17) is 9.72 Å². The monoisotopic (exact) mass is 615 g/mol. The second kappa shape index (κ2) is 15.9. The first-order valence-corrected chi connectivity index (χ1v) is 15.5. The van der Waals surface area contributed by atoms with Crippen molar-refractivity contribution < 1.29 is 23.4 Å². The van der Waals surface area contributed by atoms with Crippen LogP contribution in [0.3, 0.4) is 0 Å². The number of pyridine rings is 2. The topological polar surface area (TPSA) is 99.6 Å². The van der Waals surface area contributed by atoms with Gasteiger partial charge in [0.2, 0.25) is 0 Å². The lowest BCUT2D eigenvalue weighted by molar-refractivity contribution is -0.138. The van der Waals surface area contributed by atoms with Crippen LogP contribution < -0.4 is 15.4 Å². The van der Waals surface area contributed by atoms with Gasteiger partial charge in [-0.3, -0.25) is 4.90 Å². The van der Waals surface area contributed by atoms with E-state index in [9.17, 15) is 18.7 Å². The Kier molecular flexibility index (Phi) is 11.3. The maximum Gasteiger partial charge on any atom is 0.326 e. The molecule has 2 aromatic heterocycles. The minimum atomic E-state index is -0.970. The number of aliphatic carboxylic acids is 1. The lowest BCUT2D eigenvalue weighted by Gasteiger charge is -2.25. The van der Waals surface area contributed by atoms with E-state index in [-0.39, 0.29) is 12.4 Å². The predicted molar refractivity (Wildman–Crippen MR) is 172 cm³/mol. The first kappa shape index (κ1) is 31.8. The summed E-state index contributed by atoms with van der Waals surface area (Å²) in [5.74, 6) is -0.778. The molecule has 10 heteroatoms. The van der Waals surface area contributed by atoms with Crippen LogP contribution >= 0.6 is 0 Å². The van der Waals surface area contributed by atoms with E-state index >= 15 is 0 Å². The van der Waals surface area contributed by atoms with E-state index in [0.29, 0.717) is 31.9 Å². The minimum absolute atomic E-state index is 0.120. The van der Waals surface area contributed by atoms with E-state index in [1.54, 1.807) is 12.3 Å². The van der Waals surface area contributed by atoms with Crippen molar-refractivity contribution in [2.45, 2.75) is 44.6 Å². The van der Waals surface area contributed by atoms with Gasteiger partial charge in [0, 0.05) is 55.3 Å². The van der Waals surface area contributed by atoms with Crippen molar-refractivity contribution in [1.82, 2.24) is 14.9 Å². The normalized spacial score (nSPS) is 13.1. The molecule has 8 nitrogen and oxygen atoms in total. The highest BCUT2D eigenvalue weighted by molar-refractivity contribution is 5.77. The van der Waals surface area contributed by atoms with Gasteiger partial charge in [0.1, 0.15) is 41.7 Å². The molecule has 236 valence electrons. The number of rotatable bonds is 16. The van der Waals surface area contributed by atoms with Gasteiger partial charge in [-0.05, 0) is 74.4 Å². The fraction of sp³-hybridized carbons (Fsp3) is 0.343. The van der Waals surface area contributed by atoms with E-state index in [2.05, 4.69) is 32.7 Å². The summed E-state index contributed by atoms with van der Waals surface area (Å²) in [5, 5.41) is 16.4. The number of aryl methyl sites for hydroxylation is 2. The number of aromatic nitrogens is 2. The molecule has 2 aromatic carbocycles. The molecule has 0 spiro atoms. The Morgan fingerprint density at radius 1 is 0.978 bits per heavy atom. The molecule has 0 saturated carbocycles. The number of carboxylic acid groups (broad SMARTS) is 1. The first-order valence-electron chi connectivity index (χ1n) is 15.5. The van der Waals surface area contributed by atoms with Gasteiger partial charge < -0.3 is 20.5 Å². The van der Waals surface area contributed by atoms with Crippen LogP contribution in [0.4, 0.5) is 20.4 Å². The molecule has 0 aliphatic carbocycles. The van der Waals surface area contributed by atoms with Crippen molar-refractivity contribution in [3.63, 3.8) is 0 Å². The van der Waals surface area contributed by atoms with Crippen molar-refractivity contribution in [3.8, 4) is 16.9 Å². The van der Waals surface area contributed by atoms with Crippen LogP contribution in [-0.2, 0) is 17.6 Å². The minimum Gasteiger partial charge on any atom is -0.492 e. The van der Waals surface area contributed by atoms with Crippen LogP contribution in [0.15, 0.2) is 79.0 Å².